The van der Waals surface area contributed by atoms with Crippen LogP contribution in [0.4, 0.5) is 0 Å². The summed E-state index contributed by atoms with van der Waals surface area (Å²) in [7, 11) is 4.13. The number of carbonyl (C=O) groups excluding carboxylic acids is 1. The van der Waals surface area contributed by atoms with Crippen molar-refractivity contribution in [2.75, 3.05) is 27.2 Å². The van der Waals surface area contributed by atoms with Crippen LogP contribution in [0.15, 0.2) is 6.20 Å². The number of ether oxygens (including phenoxy) is 1. The molecule has 2 heterocycles. The Hall–Kier alpha value is -1.40. The number of carbonyl (C=O) groups is 1. The van der Waals surface area contributed by atoms with Gasteiger partial charge in [0.15, 0.2) is 0 Å². The van der Waals surface area contributed by atoms with Gasteiger partial charge in [0.25, 0.3) is 0 Å². The van der Waals surface area contributed by atoms with Gasteiger partial charge in [0.1, 0.15) is 5.60 Å². The number of nitrogens with one attached hydrogen (secondary N) is 2. The number of aromatic amines is 1. The lowest BCUT2D eigenvalue weighted by molar-refractivity contribution is -0.156. The van der Waals surface area contributed by atoms with E-state index in [1.807, 2.05) is 13.2 Å². The fourth-order valence-electron chi connectivity index (χ4n) is 4.99. The van der Waals surface area contributed by atoms with E-state index in [1.165, 1.54) is 11.3 Å². The summed E-state index contributed by atoms with van der Waals surface area (Å²) in [5.41, 5.74) is 2.04. The van der Waals surface area contributed by atoms with Crippen LogP contribution in [0.2, 0.25) is 0 Å². The smallest absolute Gasteiger partial charge is 0.312 e. The monoisotopic (exact) mass is 376 g/mol. The number of esters is 1. The Kier molecular flexibility index (Phi) is 6.26. The maximum absolute atomic E-state index is 12.6. The highest BCUT2D eigenvalue weighted by atomic mass is 16.6. The Morgan fingerprint density at radius 3 is 2.63 bits per heavy atom. The Bertz CT molecular complexity index is 630. The first-order chi connectivity index (χ1) is 13.0. The number of hydrogen-bond acceptors (Lipinski definition) is 5. The molecule has 0 unspecified atom stereocenters. The second kappa shape index (κ2) is 8.31. The number of nitrogens with zero attached hydrogens (tertiary/aromatic N) is 2. The molecular formula is C21H36N4O2. The molecule has 0 radical (unpaired) electrons. The maximum Gasteiger partial charge on any atom is 0.312 e. The molecule has 1 aromatic rings. The highest BCUT2D eigenvalue weighted by Crippen LogP contribution is 2.53. The molecule has 1 aliphatic carbocycles. The molecule has 152 valence electrons. The quantitative estimate of drug-likeness (QED) is 0.682. The van der Waals surface area contributed by atoms with Crippen molar-refractivity contribution in [2.45, 2.75) is 76.9 Å². The van der Waals surface area contributed by atoms with Gasteiger partial charge < -0.3 is 15.0 Å². The third kappa shape index (κ3) is 4.06. The normalized spacial score (nSPS) is 27.4. The van der Waals surface area contributed by atoms with E-state index in [0.29, 0.717) is 5.92 Å². The van der Waals surface area contributed by atoms with Crippen LogP contribution in [0.5, 0.6) is 0 Å². The van der Waals surface area contributed by atoms with Crippen molar-refractivity contribution >= 4 is 5.97 Å². The van der Waals surface area contributed by atoms with Gasteiger partial charge in [0.2, 0.25) is 0 Å². The molecule has 2 aliphatic rings. The second-order valence-electron chi connectivity index (χ2n) is 8.65. The van der Waals surface area contributed by atoms with Crippen LogP contribution in [-0.2, 0) is 16.1 Å². The van der Waals surface area contributed by atoms with E-state index >= 15 is 0 Å². The summed E-state index contributed by atoms with van der Waals surface area (Å²) in [4.78, 5) is 14.9. The number of aromatic nitrogens is 2. The van der Waals surface area contributed by atoms with Gasteiger partial charge in [0, 0.05) is 43.7 Å². The van der Waals surface area contributed by atoms with E-state index in [9.17, 15) is 4.79 Å². The van der Waals surface area contributed by atoms with Crippen molar-refractivity contribution in [3.05, 3.63) is 17.5 Å². The molecular weight excluding hydrogens is 340 g/mol. The average Bonchev–Trinajstić information content (AvgIpc) is 3.23. The van der Waals surface area contributed by atoms with Crippen molar-refractivity contribution in [3.8, 4) is 0 Å². The Balaban J connectivity index is 1.62. The van der Waals surface area contributed by atoms with Crippen LogP contribution in [0, 0.1) is 5.41 Å². The molecule has 0 bridgehead atoms. The predicted molar refractivity (Wildman–Crippen MR) is 107 cm³/mol. The minimum absolute atomic E-state index is 0.0394. The first-order valence-corrected chi connectivity index (χ1v) is 10.6. The minimum Gasteiger partial charge on any atom is -0.459 e. The van der Waals surface area contributed by atoms with Gasteiger partial charge in [-0.3, -0.25) is 9.89 Å². The summed E-state index contributed by atoms with van der Waals surface area (Å²) in [5, 5.41) is 10.9. The lowest BCUT2D eigenvalue weighted by atomic mass is 9.69. The van der Waals surface area contributed by atoms with Crippen molar-refractivity contribution in [2.24, 2.45) is 5.41 Å². The fraction of sp³-hybridized carbons (Fsp3) is 0.810. The van der Waals surface area contributed by atoms with E-state index in [-0.39, 0.29) is 17.0 Å². The number of hydrogen-bond donors (Lipinski definition) is 2. The van der Waals surface area contributed by atoms with Gasteiger partial charge in [-0.2, -0.15) is 5.10 Å². The van der Waals surface area contributed by atoms with Gasteiger partial charge >= 0.3 is 5.97 Å². The van der Waals surface area contributed by atoms with E-state index in [4.69, 9.17) is 4.74 Å². The largest absolute Gasteiger partial charge is 0.459 e. The van der Waals surface area contributed by atoms with Gasteiger partial charge in [-0.1, -0.05) is 13.8 Å². The van der Waals surface area contributed by atoms with Gasteiger partial charge in [-0.15, -0.1) is 0 Å². The molecule has 1 spiro atoms. The highest BCUT2D eigenvalue weighted by molar-refractivity contribution is 5.79. The molecule has 1 saturated heterocycles. The Labute approximate surface area is 163 Å². The first-order valence-electron chi connectivity index (χ1n) is 10.6. The summed E-state index contributed by atoms with van der Waals surface area (Å²) < 4.78 is 6.01. The minimum atomic E-state index is -0.250. The van der Waals surface area contributed by atoms with E-state index < -0.39 is 0 Å². The summed E-state index contributed by atoms with van der Waals surface area (Å²) in [6, 6.07) is 0. The topological polar surface area (TPSA) is 70.2 Å². The van der Waals surface area contributed by atoms with Crippen LogP contribution < -0.4 is 5.32 Å². The molecule has 2 N–H and O–H groups in total. The Morgan fingerprint density at radius 2 is 2.04 bits per heavy atom. The SMILES string of the molecule is CCC1(CC)CC2(CCC(c3n[nH]cc3CN(C)CCNC)CC2)OC1=O. The molecule has 0 aromatic carbocycles. The zero-order valence-electron chi connectivity index (χ0n) is 17.4. The van der Waals surface area contributed by atoms with Crippen molar-refractivity contribution in [1.29, 1.82) is 0 Å². The summed E-state index contributed by atoms with van der Waals surface area (Å²) in [6.45, 7) is 7.16. The van der Waals surface area contributed by atoms with Crippen LogP contribution in [0.1, 0.15) is 76.0 Å². The molecule has 6 heteroatoms. The third-order valence-electron chi connectivity index (χ3n) is 6.98. The molecule has 0 atom stereocenters. The standard InChI is InChI=1S/C21H36N4O2/c1-5-20(6-2)15-21(27-19(20)26)9-7-16(8-10-21)18-17(13-23-24-18)14-25(4)12-11-22-3/h13,16,22H,5-12,14-15H2,1-4H3,(H,23,24). The van der Waals surface area contributed by atoms with Gasteiger partial charge in [-0.25, -0.2) is 0 Å². The molecule has 1 aliphatic heterocycles. The molecule has 1 saturated carbocycles. The first kappa shape index (κ1) is 20.3. The molecule has 2 fully saturated rings. The average molecular weight is 377 g/mol. The third-order valence-corrected chi connectivity index (χ3v) is 6.98. The number of rotatable bonds is 8. The number of likely N-dealkylation sites (N-methyl/N-ethyl adjacent to an activating group) is 2. The van der Waals surface area contributed by atoms with Crippen LogP contribution in [0.3, 0.4) is 0 Å². The molecule has 0 amide bonds. The van der Waals surface area contributed by atoms with Gasteiger partial charge in [0.05, 0.1) is 11.1 Å². The van der Waals surface area contributed by atoms with Crippen molar-refractivity contribution < 1.29 is 9.53 Å². The van der Waals surface area contributed by atoms with E-state index in [2.05, 4.69) is 41.3 Å². The zero-order chi connectivity index (χ0) is 19.5. The second-order valence-corrected chi connectivity index (χ2v) is 8.65. The molecule has 3 rings (SSSR count). The van der Waals surface area contributed by atoms with Gasteiger partial charge in [-0.05, 0) is 52.6 Å². The molecule has 6 nitrogen and oxygen atoms in total. The van der Waals surface area contributed by atoms with E-state index in [0.717, 1.165) is 64.6 Å². The van der Waals surface area contributed by atoms with Crippen LogP contribution in [0.25, 0.3) is 0 Å². The lowest BCUT2D eigenvalue weighted by Gasteiger charge is -2.36. The molecule has 27 heavy (non-hydrogen) atoms. The summed E-state index contributed by atoms with van der Waals surface area (Å²) in [6.07, 6.45) is 8.75. The van der Waals surface area contributed by atoms with Crippen molar-refractivity contribution in [1.82, 2.24) is 20.4 Å². The predicted octanol–water partition coefficient (Wildman–Crippen LogP) is 3.21. The van der Waals surface area contributed by atoms with Crippen molar-refractivity contribution in [3.63, 3.8) is 0 Å². The van der Waals surface area contributed by atoms with Crippen LogP contribution >= 0.6 is 0 Å². The maximum atomic E-state index is 12.6. The Morgan fingerprint density at radius 1 is 1.33 bits per heavy atom. The highest BCUT2D eigenvalue weighted by Gasteiger charge is 2.55. The molecule has 1 aromatic heterocycles. The van der Waals surface area contributed by atoms with E-state index in [1.54, 1.807) is 0 Å². The lowest BCUT2D eigenvalue weighted by Crippen LogP contribution is -2.34. The number of H-pyrrole nitrogens is 1. The van der Waals surface area contributed by atoms with Crippen LogP contribution in [-0.4, -0.2) is 53.9 Å². The fourth-order valence-corrected chi connectivity index (χ4v) is 4.99. The summed E-state index contributed by atoms with van der Waals surface area (Å²) >= 11 is 0. The zero-order valence-corrected chi connectivity index (χ0v) is 17.4. The summed E-state index contributed by atoms with van der Waals surface area (Å²) in [5.74, 6) is 0.504.